The van der Waals surface area contributed by atoms with Crippen LogP contribution in [-0.2, 0) is 10.2 Å². The Morgan fingerprint density at radius 3 is 2.73 bits per heavy atom. The summed E-state index contributed by atoms with van der Waals surface area (Å²) in [6.45, 7) is 0.860. The molecule has 0 saturated heterocycles. The predicted molar refractivity (Wildman–Crippen MR) is 208 cm³/mol. The number of nitrogens with zero attached hydrogens (tertiary/aromatic N) is 1. The lowest BCUT2D eigenvalue weighted by atomic mass is 9.57. The van der Waals surface area contributed by atoms with Gasteiger partial charge >= 0.3 is 0 Å². The molecule has 0 aromatic heterocycles. The molecule has 0 radical (unpaired) electrons. The van der Waals surface area contributed by atoms with Crippen molar-refractivity contribution in [1.82, 2.24) is 10.2 Å². The summed E-state index contributed by atoms with van der Waals surface area (Å²) in [6.07, 6.45) is 39.6. The minimum Gasteiger partial charge on any atom is -0.490 e. The number of dihydropyridines is 1. The van der Waals surface area contributed by atoms with Crippen LogP contribution >= 0.6 is 0 Å². The van der Waals surface area contributed by atoms with Gasteiger partial charge in [0.15, 0.2) is 0 Å². The van der Waals surface area contributed by atoms with Gasteiger partial charge in [0.05, 0.1) is 24.0 Å². The molecule has 0 fully saturated rings. The quantitative estimate of drug-likeness (QED) is 0.350. The molecule has 1 spiro atoms. The first-order chi connectivity index (χ1) is 25.8. The minimum atomic E-state index is -0.461. The van der Waals surface area contributed by atoms with Gasteiger partial charge in [0, 0.05) is 47.6 Å². The molecule has 9 aliphatic rings. The van der Waals surface area contributed by atoms with Crippen molar-refractivity contribution >= 4 is 5.57 Å². The first-order valence-corrected chi connectivity index (χ1v) is 19.5. The van der Waals surface area contributed by atoms with Crippen LogP contribution in [0.25, 0.3) is 5.57 Å². The van der Waals surface area contributed by atoms with E-state index < -0.39 is 5.41 Å². The Labute approximate surface area is 307 Å². The lowest BCUT2D eigenvalue weighted by molar-refractivity contribution is 0.0958. The molecule has 6 atom stereocenters. The average molecular weight is 681 g/mol. The summed E-state index contributed by atoms with van der Waals surface area (Å²) in [6, 6.07) is 18.7. The molecule has 0 saturated carbocycles. The van der Waals surface area contributed by atoms with E-state index >= 15 is 0 Å². The van der Waals surface area contributed by atoms with E-state index in [0.717, 1.165) is 62.3 Å². The van der Waals surface area contributed by atoms with Crippen LogP contribution in [0.4, 0.5) is 0 Å². The largest absolute Gasteiger partial charge is 0.490 e. The molecule has 4 aliphatic heterocycles. The maximum absolute atomic E-state index is 7.16. The van der Waals surface area contributed by atoms with E-state index in [2.05, 4.69) is 144 Å². The van der Waals surface area contributed by atoms with Crippen LogP contribution in [0.1, 0.15) is 67.6 Å². The molecule has 4 nitrogen and oxygen atoms in total. The van der Waals surface area contributed by atoms with Crippen molar-refractivity contribution in [2.24, 2.45) is 5.92 Å². The fourth-order valence-corrected chi connectivity index (χ4v) is 10.7. The first-order valence-electron chi connectivity index (χ1n) is 19.5. The summed E-state index contributed by atoms with van der Waals surface area (Å²) < 4.78 is 14.2. The summed E-state index contributed by atoms with van der Waals surface area (Å²) in [5, 5.41) is 3.51. The Kier molecular flexibility index (Phi) is 6.97. The molecular weight excluding hydrogens is 637 g/mol. The zero-order valence-electron chi connectivity index (χ0n) is 29.5. The van der Waals surface area contributed by atoms with Crippen LogP contribution < -0.4 is 10.1 Å². The number of rotatable bonds is 3. The smallest absolute Gasteiger partial charge is 0.132 e. The summed E-state index contributed by atoms with van der Waals surface area (Å²) in [5.74, 6) is 4.18. The van der Waals surface area contributed by atoms with Crippen molar-refractivity contribution < 1.29 is 9.47 Å². The van der Waals surface area contributed by atoms with E-state index in [1.54, 1.807) is 0 Å². The minimum absolute atomic E-state index is 0.0174. The third kappa shape index (κ3) is 4.46. The van der Waals surface area contributed by atoms with Gasteiger partial charge in [-0.05, 0) is 77.8 Å². The number of allylic oxidation sites excluding steroid dienone is 13. The second kappa shape index (κ2) is 11.9. The van der Waals surface area contributed by atoms with E-state index in [9.17, 15) is 0 Å². The van der Waals surface area contributed by atoms with E-state index in [4.69, 9.17) is 9.47 Å². The number of ether oxygens (including phenoxy) is 2. The van der Waals surface area contributed by atoms with Crippen molar-refractivity contribution in [3.8, 4) is 5.75 Å². The highest BCUT2D eigenvalue weighted by Gasteiger charge is 2.55. The molecule has 2 aromatic rings. The zero-order valence-corrected chi connectivity index (χ0v) is 29.5. The van der Waals surface area contributed by atoms with Gasteiger partial charge in [0.1, 0.15) is 23.4 Å². The number of fused-ring (bicyclic) bond motifs is 8. The highest BCUT2D eigenvalue weighted by molar-refractivity contribution is 5.75. The van der Waals surface area contributed by atoms with Crippen molar-refractivity contribution in [2.75, 3.05) is 6.54 Å². The standard InChI is InChI=1S/C48H44N2O2/c1-2-11-31(12-3-1)32-13-10-14-33(27-32)34-21-23-40-46(28-34)51-44-19-8-5-16-38(44)48(40)39-17-6-9-20-45(39)52-47-29-35(22-24-41(47)48)50-42-18-7-4-15-36(42)37-25-26-49-30-43(37)50/h1-7,9,11-12,14-18,21-26,28,32,35-36,42,45,49H,8,10,13,19-20,27,29-30H2. The summed E-state index contributed by atoms with van der Waals surface area (Å²) in [4.78, 5) is 2.68. The molecule has 2 aromatic carbocycles. The number of hydrogen-bond acceptors (Lipinski definition) is 4. The summed E-state index contributed by atoms with van der Waals surface area (Å²) in [7, 11) is 0. The third-order valence-electron chi connectivity index (χ3n) is 13.0. The molecule has 11 rings (SSSR count). The zero-order chi connectivity index (χ0) is 34.2. The van der Waals surface area contributed by atoms with E-state index in [-0.39, 0.29) is 12.1 Å². The van der Waals surface area contributed by atoms with Crippen LogP contribution in [0.5, 0.6) is 5.75 Å². The average Bonchev–Trinajstić information content (AvgIpc) is 3.55. The first kappa shape index (κ1) is 30.4. The van der Waals surface area contributed by atoms with Gasteiger partial charge in [0.25, 0.3) is 0 Å². The molecule has 4 heteroatoms. The fourth-order valence-electron chi connectivity index (χ4n) is 10.7. The molecule has 5 aliphatic carbocycles. The molecule has 0 bridgehead atoms. The lowest BCUT2D eigenvalue weighted by Gasteiger charge is -2.52. The topological polar surface area (TPSA) is 33.7 Å². The van der Waals surface area contributed by atoms with Crippen LogP contribution in [0, 0.1) is 5.92 Å². The van der Waals surface area contributed by atoms with Gasteiger partial charge in [-0.3, -0.25) is 0 Å². The molecule has 0 amide bonds. The van der Waals surface area contributed by atoms with Crippen molar-refractivity contribution in [2.45, 2.75) is 74.5 Å². The monoisotopic (exact) mass is 680 g/mol. The molecular formula is C48H44N2O2. The van der Waals surface area contributed by atoms with E-state index in [0.29, 0.717) is 17.9 Å². The van der Waals surface area contributed by atoms with Crippen LogP contribution in [-0.4, -0.2) is 29.6 Å². The lowest BCUT2D eigenvalue weighted by Crippen LogP contribution is -2.49. The highest BCUT2D eigenvalue weighted by Crippen LogP contribution is 2.61. The molecule has 6 unspecified atom stereocenters. The Morgan fingerprint density at radius 2 is 1.77 bits per heavy atom. The van der Waals surface area contributed by atoms with Crippen molar-refractivity contribution in [1.29, 1.82) is 0 Å². The normalized spacial score (nSPS) is 31.8. The fraction of sp³-hybridized carbons (Fsp3) is 0.292. The highest BCUT2D eigenvalue weighted by atomic mass is 16.5. The Morgan fingerprint density at radius 1 is 0.846 bits per heavy atom. The second-order valence-electron chi connectivity index (χ2n) is 15.6. The number of nitrogens with one attached hydrogen (secondary N) is 1. The number of benzene rings is 2. The second-order valence-corrected chi connectivity index (χ2v) is 15.6. The predicted octanol–water partition coefficient (Wildman–Crippen LogP) is 9.94. The molecule has 258 valence electrons. The van der Waals surface area contributed by atoms with Gasteiger partial charge < -0.3 is 19.7 Å². The molecule has 4 heterocycles. The van der Waals surface area contributed by atoms with Crippen LogP contribution in [0.2, 0.25) is 0 Å². The summed E-state index contributed by atoms with van der Waals surface area (Å²) >= 11 is 0. The van der Waals surface area contributed by atoms with E-state index in [1.807, 2.05) is 0 Å². The maximum atomic E-state index is 7.16. The van der Waals surface area contributed by atoms with Gasteiger partial charge in [-0.1, -0.05) is 115 Å². The number of hydrogen-bond donors (Lipinski definition) is 1. The SMILES string of the molecule is C1=CCC2OC3=C(C=CC(N4C5=C(C=CNC5)C5C=CC=CC54)C3)C3(C2=C1)C1=C(CCC=C1)Oc1cc(C2=CCCC(c4ccccc4)C2)ccc13. The van der Waals surface area contributed by atoms with Gasteiger partial charge in [0.2, 0.25) is 0 Å². The van der Waals surface area contributed by atoms with Crippen LogP contribution in [0.15, 0.2) is 173 Å². The Bertz CT molecular complexity index is 2220. The summed E-state index contributed by atoms with van der Waals surface area (Å²) in [5.41, 5.74) is 11.7. The molecule has 1 N–H and O–H groups in total. The van der Waals surface area contributed by atoms with E-state index in [1.165, 1.54) is 56.7 Å². The maximum Gasteiger partial charge on any atom is 0.132 e. The van der Waals surface area contributed by atoms with Crippen molar-refractivity contribution in [3.05, 3.63) is 190 Å². The molecule has 52 heavy (non-hydrogen) atoms. The van der Waals surface area contributed by atoms with Gasteiger partial charge in [-0.2, -0.15) is 0 Å². The van der Waals surface area contributed by atoms with Crippen LogP contribution in [0.3, 0.4) is 0 Å². The van der Waals surface area contributed by atoms with Crippen molar-refractivity contribution in [3.63, 3.8) is 0 Å². The van der Waals surface area contributed by atoms with Gasteiger partial charge in [-0.15, -0.1) is 0 Å². The Hall–Kier alpha value is -5.22. The third-order valence-corrected chi connectivity index (χ3v) is 13.0. The van der Waals surface area contributed by atoms with Gasteiger partial charge in [-0.25, -0.2) is 0 Å². The Balaban J connectivity index is 1.03.